The Labute approximate surface area is 136 Å². The summed E-state index contributed by atoms with van der Waals surface area (Å²) >= 11 is 0. The number of likely N-dealkylation sites (tertiary alicyclic amines) is 1. The number of aryl methyl sites for hydroxylation is 1. The molecule has 2 heterocycles. The van der Waals surface area contributed by atoms with Crippen LogP contribution in [0.5, 0.6) is 0 Å². The summed E-state index contributed by atoms with van der Waals surface area (Å²) in [7, 11) is 1.90. The van der Waals surface area contributed by atoms with Gasteiger partial charge in [-0.05, 0) is 26.7 Å². The van der Waals surface area contributed by atoms with Gasteiger partial charge in [0, 0.05) is 37.4 Å². The second kappa shape index (κ2) is 7.85. The van der Waals surface area contributed by atoms with Crippen molar-refractivity contribution in [3.63, 3.8) is 0 Å². The van der Waals surface area contributed by atoms with Crippen molar-refractivity contribution >= 4 is 12.1 Å². The van der Waals surface area contributed by atoms with Gasteiger partial charge in [0.2, 0.25) is 0 Å². The third-order valence-corrected chi connectivity index (χ3v) is 4.13. The van der Waals surface area contributed by atoms with Crippen LogP contribution in [0.4, 0.5) is 4.79 Å². The molecule has 0 saturated carbocycles. The van der Waals surface area contributed by atoms with E-state index in [0.29, 0.717) is 32.2 Å². The molecule has 23 heavy (non-hydrogen) atoms. The molecule has 1 aromatic heterocycles. The van der Waals surface area contributed by atoms with Gasteiger partial charge >= 0.3 is 6.09 Å². The number of guanidine groups is 1. The molecule has 1 aliphatic heterocycles. The van der Waals surface area contributed by atoms with Gasteiger partial charge in [0.1, 0.15) is 0 Å². The molecule has 2 rings (SSSR count). The van der Waals surface area contributed by atoms with Gasteiger partial charge in [0.15, 0.2) is 5.96 Å². The number of nitrogens with zero attached hydrogens (tertiary/aromatic N) is 4. The zero-order valence-electron chi connectivity index (χ0n) is 14.1. The molecule has 0 aliphatic carbocycles. The molecule has 1 saturated heterocycles. The molecule has 0 aromatic carbocycles. The third-order valence-electron chi connectivity index (χ3n) is 4.13. The second-order valence-corrected chi connectivity index (χ2v) is 5.68. The number of aliphatic imine (C=N–C) groups is 1. The van der Waals surface area contributed by atoms with E-state index >= 15 is 0 Å². The lowest BCUT2D eigenvalue weighted by atomic mass is 10.1. The molecule has 1 aromatic rings. The molecule has 8 heteroatoms. The van der Waals surface area contributed by atoms with E-state index in [9.17, 15) is 4.79 Å². The maximum atomic E-state index is 11.6. The zero-order valence-corrected chi connectivity index (χ0v) is 14.1. The molecule has 0 atom stereocenters. The van der Waals surface area contributed by atoms with Crippen LogP contribution in [-0.4, -0.2) is 52.5 Å². The van der Waals surface area contributed by atoms with Gasteiger partial charge in [0.25, 0.3) is 0 Å². The summed E-state index contributed by atoms with van der Waals surface area (Å²) in [5, 5.41) is 7.42. The Hall–Kier alpha value is -2.25. The van der Waals surface area contributed by atoms with Crippen LogP contribution in [0, 0.1) is 6.92 Å². The number of rotatable bonds is 4. The Morgan fingerprint density at radius 2 is 2.22 bits per heavy atom. The summed E-state index contributed by atoms with van der Waals surface area (Å²) in [6.07, 6.45) is 3.24. The van der Waals surface area contributed by atoms with Crippen LogP contribution in [0.1, 0.15) is 31.0 Å². The number of carbonyl (C=O) groups excluding carboxylic acids is 1. The average molecular weight is 322 g/mol. The van der Waals surface area contributed by atoms with Crippen molar-refractivity contribution in [3.05, 3.63) is 17.5 Å². The van der Waals surface area contributed by atoms with E-state index < -0.39 is 0 Å². The minimum atomic E-state index is -0.236. The summed E-state index contributed by atoms with van der Waals surface area (Å²) in [5.41, 5.74) is 8.11. The number of carbonyl (C=O) groups is 1. The van der Waals surface area contributed by atoms with E-state index in [0.717, 1.165) is 24.1 Å². The minimum Gasteiger partial charge on any atom is -0.450 e. The maximum Gasteiger partial charge on any atom is 0.409 e. The van der Waals surface area contributed by atoms with Gasteiger partial charge in [-0.1, -0.05) is 0 Å². The first-order chi connectivity index (χ1) is 11.0. The summed E-state index contributed by atoms with van der Waals surface area (Å²) in [5.74, 6) is 0.433. The summed E-state index contributed by atoms with van der Waals surface area (Å²) < 4.78 is 6.83. The molecule has 1 amide bonds. The first-order valence-electron chi connectivity index (χ1n) is 7.97. The number of ether oxygens (including phenoxy) is 1. The molecule has 0 radical (unpaired) electrons. The molecular formula is C15H26N6O2. The van der Waals surface area contributed by atoms with E-state index in [4.69, 9.17) is 10.5 Å². The lowest BCUT2D eigenvalue weighted by molar-refractivity contribution is 0.0963. The number of aromatic nitrogens is 2. The average Bonchev–Trinajstić information content (AvgIpc) is 2.85. The molecular weight excluding hydrogens is 296 g/mol. The minimum absolute atomic E-state index is 0.236. The number of hydrogen-bond donors (Lipinski definition) is 2. The Kier molecular flexibility index (Phi) is 5.84. The van der Waals surface area contributed by atoms with Crippen LogP contribution in [0.15, 0.2) is 11.2 Å². The highest BCUT2D eigenvalue weighted by molar-refractivity contribution is 5.78. The van der Waals surface area contributed by atoms with Crippen LogP contribution < -0.4 is 11.1 Å². The van der Waals surface area contributed by atoms with Crippen LogP contribution in [-0.2, 0) is 18.3 Å². The van der Waals surface area contributed by atoms with Crippen LogP contribution in [0.25, 0.3) is 0 Å². The van der Waals surface area contributed by atoms with E-state index in [1.54, 1.807) is 4.90 Å². The highest BCUT2D eigenvalue weighted by atomic mass is 16.6. The summed E-state index contributed by atoms with van der Waals surface area (Å²) in [4.78, 5) is 17.7. The smallest absolute Gasteiger partial charge is 0.409 e. The fourth-order valence-corrected chi connectivity index (χ4v) is 2.55. The predicted octanol–water partition coefficient (Wildman–Crippen LogP) is 0.754. The van der Waals surface area contributed by atoms with Gasteiger partial charge in [-0.15, -0.1) is 0 Å². The van der Waals surface area contributed by atoms with Crippen molar-refractivity contribution in [2.24, 2.45) is 17.8 Å². The number of piperidine rings is 1. The highest BCUT2D eigenvalue weighted by Gasteiger charge is 2.23. The first kappa shape index (κ1) is 17.1. The van der Waals surface area contributed by atoms with Crippen molar-refractivity contribution in [1.29, 1.82) is 0 Å². The monoisotopic (exact) mass is 322 g/mol. The SMILES string of the molecule is CCOC(=O)N1CCC(NC(N)=NCc2cnn(C)c2C)CC1. The molecule has 0 bridgehead atoms. The van der Waals surface area contributed by atoms with E-state index in [1.165, 1.54) is 0 Å². The largest absolute Gasteiger partial charge is 0.450 e. The Morgan fingerprint density at radius 1 is 1.52 bits per heavy atom. The summed E-state index contributed by atoms with van der Waals surface area (Å²) in [6.45, 7) is 6.08. The van der Waals surface area contributed by atoms with Gasteiger partial charge in [-0.25, -0.2) is 9.79 Å². The van der Waals surface area contributed by atoms with Gasteiger partial charge in [-0.2, -0.15) is 5.10 Å². The fourth-order valence-electron chi connectivity index (χ4n) is 2.55. The standard InChI is InChI=1S/C15H26N6O2/c1-4-23-15(22)21-7-5-13(6-8-21)19-14(16)17-9-12-10-18-20(3)11(12)2/h10,13H,4-9H2,1-3H3,(H3,16,17,19). The molecule has 1 aliphatic rings. The Balaban J connectivity index is 1.78. The maximum absolute atomic E-state index is 11.6. The lowest BCUT2D eigenvalue weighted by Crippen LogP contribution is -2.48. The zero-order chi connectivity index (χ0) is 16.8. The van der Waals surface area contributed by atoms with Gasteiger partial charge < -0.3 is 20.7 Å². The highest BCUT2D eigenvalue weighted by Crippen LogP contribution is 2.11. The van der Waals surface area contributed by atoms with Crippen LogP contribution >= 0.6 is 0 Å². The van der Waals surface area contributed by atoms with Gasteiger partial charge in [0.05, 0.1) is 19.3 Å². The number of nitrogens with two attached hydrogens (primary N) is 1. The van der Waals surface area contributed by atoms with Crippen molar-refractivity contribution < 1.29 is 9.53 Å². The van der Waals surface area contributed by atoms with Crippen molar-refractivity contribution in [2.75, 3.05) is 19.7 Å². The molecule has 0 spiro atoms. The van der Waals surface area contributed by atoms with Crippen molar-refractivity contribution in [3.8, 4) is 0 Å². The second-order valence-electron chi connectivity index (χ2n) is 5.68. The fraction of sp³-hybridized carbons (Fsp3) is 0.667. The molecule has 128 valence electrons. The molecule has 8 nitrogen and oxygen atoms in total. The summed E-state index contributed by atoms with van der Waals surface area (Å²) in [6, 6.07) is 0.236. The van der Waals surface area contributed by atoms with Crippen LogP contribution in [0.3, 0.4) is 0 Å². The quantitative estimate of drug-likeness (QED) is 0.630. The third kappa shape index (κ3) is 4.61. The number of amides is 1. The molecule has 3 N–H and O–H groups in total. The van der Waals surface area contributed by atoms with Crippen molar-refractivity contribution in [2.45, 2.75) is 39.3 Å². The van der Waals surface area contributed by atoms with E-state index in [2.05, 4.69) is 15.4 Å². The number of nitrogens with one attached hydrogen (secondary N) is 1. The first-order valence-corrected chi connectivity index (χ1v) is 7.97. The van der Waals surface area contributed by atoms with Crippen molar-refractivity contribution in [1.82, 2.24) is 20.0 Å². The topological polar surface area (TPSA) is 97.8 Å². The van der Waals surface area contributed by atoms with E-state index in [-0.39, 0.29) is 12.1 Å². The van der Waals surface area contributed by atoms with Crippen LogP contribution in [0.2, 0.25) is 0 Å². The molecule has 0 unspecified atom stereocenters. The van der Waals surface area contributed by atoms with E-state index in [1.807, 2.05) is 31.8 Å². The number of hydrogen-bond acceptors (Lipinski definition) is 4. The molecule has 1 fully saturated rings. The predicted molar refractivity (Wildman–Crippen MR) is 88.0 cm³/mol. The van der Waals surface area contributed by atoms with Gasteiger partial charge in [-0.3, -0.25) is 4.68 Å². The Morgan fingerprint density at radius 3 is 2.78 bits per heavy atom. The lowest BCUT2D eigenvalue weighted by Gasteiger charge is -2.31. The Bertz CT molecular complexity index is 560. The normalized spacial score (nSPS) is 16.5.